The summed E-state index contributed by atoms with van der Waals surface area (Å²) in [5.74, 6) is -1.28. The van der Waals surface area contributed by atoms with Crippen LogP contribution in [0.3, 0.4) is 0 Å². The van der Waals surface area contributed by atoms with Crippen LogP contribution in [0.1, 0.15) is 27.2 Å². The van der Waals surface area contributed by atoms with E-state index >= 15 is 0 Å². The van der Waals surface area contributed by atoms with Gasteiger partial charge in [0.2, 0.25) is 0 Å². The van der Waals surface area contributed by atoms with Gasteiger partial charge in [0.1, 0.15) is 6.61 Å². The molecule has 1 fully saturated rings. The van der Waals surface area contributed by atoms with Gasteiger partial charge in [0.05, 0.1) is 18.2 Å². The quantitative estimate of drug-likeness (QED) is 0.487. The van der Waals surface area contributed by atoms with Crippen molar-refractivity contribution in [2.75, 3.05) is 19.7 Å². The van der Waals surface area contributed by atoms with Crippen LogP contribution in [0.15, 0.2) is 11.6 Å². The Morgan fingerprint density at radius 1 is 1.50 bits per heavy atom. The Morgan fingerprint density at radius 3 is 2.68 bits per heavy atom. The van der Waals surface area contributed by atoms with Gasteiger partial charge in [0, 0.05) is 13.1 Å². The zero-order valence-electron chi connectivity index (χ0n) is 13.2. The Hall–Kier alpha value is -0.660. The number of aliphatic hydroxyl groups is 3. The average molecular weight is 336 g/mol. The Labute approximate surface area is 137 Å². The zero-order valence-corrected chi connectivity index (χ0v) is 14.0. The van der Waals surface area contributed by atoms with E-state index in [-0.39, 0.29) is 25.1 Å². The molecular weight excluding hydrogens is 310 g/mol. The molecule has 128 valence electrons. The lowest BCUT2D eigenvalue weighted by atomic mass is 9.85. The van der Waals surface area contributed by atoms with Crippen molar-refractivity contribution in [1.29, 1.82) is 0 Å². The fourth-order valence-corrected chi connectivity index (χ4v) is 3.18. The van der Waals surface area contributed by atoms with E-state index in [9.17, 15) is 20.1 Å². The second-order valence-corrected chi connectivity index (χ2v) is 6.31. The van der Waals surface area contributed by atoms with E-state index in [0.717, 1.165) is 25.1 Å². The van der Waals surface area contributed by atoms with E-state index in [2.05, 4.69) is 4.90 Å². The summed E-state index contributed by atoms with van der Waals surface area (Å²) in [5.41, 5.74) is -1.04. The highest BCUT2D eigenvalue weighted by molar-refractivity contribution is 5.85. The molecule has 3 N–H and O–H groups in total. The van der Waals surface area contributed by atoms with Crippen LogP contribution in [0.25, 0.3) is 0 Å². The first-order chi connectivity index (χ1) is 9.78. The third-order valence-corrected chi connectivity index (χ3v) is 4.65. The van der Waals surface area contributed by atoms with E-state index < -0.39 is 29.7 Å². The molecule has 2 aliphatic heterocycles. The van der Waals surface area contributed by atoms with Gasteiger partial charge in [-0.05, 0) is 24.8 Å². The monoisotopic (exact) mass is 335 g/mol. The molecule has 0 unspecified atom stereocenters. The standard InChI is InChI=1S/C15H25NO5.ClH/c1-9(2)15(20,10(3)17)14(19)21-8-11-4-6-16-7-5-12(18)13(11)16;/h4,9-10,12-13,17-18,20H,5-8H2,1-3H3;1H/t10-,12+,13+,15+;/m0./s1. The number of carbonyl (C=O) groups excluding carboxylic acids is 1. The number of esters is 1. The summed E-state index contributed by atoms with van der Waals surface area (Å²) in [4.78, 5) is 14.3. The maximum atomic E-state index is 12.1. The van der Waals surface area contributed by atoms with Crippen LogP contribution < -0.4 is 0 Å². The highest BCUT2D eigenvalue weighted by Gasteiger charge is 2.46. The molecule has 0 radical (unpaired) electrons. The maximum absolute atomic E-state index is 12.1. The topological polar surface area (TPSA) is 90.2 Å². The molecule has 0 saturated carbocycles. The molecule has 0 amide bonds. The first-order valence-corrected chi connectivity index (χ1v) is 7.47. The number of ether oxygens (including phenoxy) is 1. The Bertz CT molecular complexity index is 430. The third kappa shape index (κ3) is 3.31. The van der Waals surface area contributed by atoms with Crippen molar-refractivity contribution < 1.29 is 24.9 Å². The smallest absolute Gasteiger partial charge is 0.341 e. The van der Waals surface area contributed by atoms with E-state index in [4.69, 9.17) is 4.74 Å². The Balaban J connectivity index is 0.00000242. The minimum absolute atomic E-state index is 0. The maximum Gasteiger partial charge on any atom is 0.341 e. The molecule has 2 aliphatic rings. The molecule has 2 rings (SSSR count). The fourth-order valence-electron chi connectivity index (χ4n) is 3.18. The second-order valence-electron chi connectivity index (χ2n) is 6.31. The molecule has 2 heterocycles. The van der Waals surface area contributed by atoms with Crippen LogP contribution in [-0.2, 0) is 9.53 Å². The fraction of sp³-hybridized carbons (Fsp3) is 0.800. The first kappa shape index (κ1) is 19.4. The van der Waals surface area contributed by atoms with E-state index in [0.29, 0.717) is 0 Å². The van der Waals surface area contributed by atoms with Crippen LogP contribution in [0.2, 0.25) is 0 Å². The van der Waals surface area contributed by atoms with Gasteiger partial charge in [-0.1, -0.05) is 19.9 Å². The number of fused-ring (bicyclic) bond motifs is 1. The number of nitrogens with zero attached hydrogens (tertiary/aromatic N) is 1. The first-order valence-electron chi connectivity index (χ1n) is 7.47. The molecule has 0 aromatic carbocycles. The highest BCUT2D eigenvalue weighted by Crippen LogP contribution is 2.30. The molecule has 7 heteroatoms. The van der Waals surface area contributed by atoms with Gasteiger partial charge in [0.15, 0.2) is 5.60 Å². The van der Waals surface area contributed by atoms with Crippen molar-refractivity contribution in [2.24, 2.45) is 5.92 Å². The largest absolute Gasteiger partial charge is 0.459 e. The Morgan fingerprint density at radius 2 is 2.14 bits per heavy atom. The van der Waals surface area contributed by atoms with Gasteiger partial charge < -0.3 is 20.1 Å². The number of carbonyl (C=O) groups is 1. The van der Waals surface area contributed by atoms with Gasteiger partial charge in [-0.3, -0.25) is 4.90 Å². The van der Waals surface area contributed by atoms with Crippen LogP contribution in [0, 0.1) is 5.92 Å². The molecule has 6 nitrogen and oxygen atoms in total. The molecular formula is C15H26ClNO5. The van der Waals surface area contributed by atoms with Crippen molar-refractivity contribution in [2.45, 2.75) is 51.0 Å². The van der Waals surface area contributed by atoms with Gasteiger partial charge in [0.25, 0.3) is 0 Å². The summed E-state index contributed by atoms with van der Waals surface area (Å²) >= 11 is 0. The van der Waals surface area contributed by atoms with Gasteiger partial charge >= 0.3 is 5.97 Å². The lowest BCUT2D eigenvalue weighted by molar-refractivity contribution is -0.183. The second kappa shape index (κ2) is 7.27. The molecule has 0 bridgehead atoms. The van der Waals surface area contributed by atoms with Crippen molar-refractivity contribution in [3.63, 3.8) is 0 Å². The van der Waals surface area contributed by atoms with Crippen molar-refractivity contribution in [3.05, 3.63) is 11.6 Å². The number of hydrogen-bond acceptors (Lipinski definition) is 6. The molecule has 0 aliphatic carbocycles. The van der Waals surface area contributed by atoms with Crippen LogP contribution in [0.4, 0.5) is 0 Å². The summed E-state index contributed by atoms with van der Waals surface area (Å²) in [5, 5.41) is 30.0. The molecule has 1 saturated heterocycles. The van der Waals surface area contributed by atoms with Crippen LogP contribution in [-0.4, -0.2) is 69.7 Å². The molecule has 0 spiro atoms. The third-order valence-electron chi connectivity index (χ3n) is 4.65. The SMILES string of the molecule is CC(C)[C@](O)(C(=O)OCC1=CCN2CC[C@@H](O)[C@@H]12)[C@H](C)O.Cl. The summed E-state index contributed by atoms with van der Waals surface area (Å²) in [6, 6.07) is -0.0866. The molecule has 4 atom stereocenters. The highest BCUT2D eigenvalue weighted by atomic mass is 35.5. The van der Waals surface area contributed by atoms with Crippen LogP contribution >= 0.6 is 12.4 Å². The average Bonchev–Trinajstić information content (AvgIpc) is 2.98. The van der Waals surface area contributed by atoms with Crippen molar-refractivity contribution in [1.82, 2.24) is 4.90 Å². The van der Waals surface area contributed by atoms with Gasteiger partial charge in [-0.25, -0.2) is 4.79 Å². The number of rotatable bonds is 5. The minimum atomic E-state index is -1.91. The predicted molar refractivity (Wildman–Crippen MR) is 83.7 cm³/mol. The summed E-state index contributed by atoms with van der Waals surface area (Å²) < 4.78 is 5.22. The summed E-state index contributed by atoms with van der Waals surface area (Å²) in [6.07, 6.45) is 1.03. The molecule has 0 aromatic rings. The number of halogens is 1. The number of hydrogen-bond donors (Lipinski definition) is 3. The summed E-state index contributed by atoms with van der Waals surface area (Å²) in [7, 11) is 0. The predicted octanol–water partition coefficient (Wildman–Crippen LogP) is 0.0945. The van der Waals surface area contributed by atoms with Gasteiger partial charge in [-0.2, -0.15) is 0 Å². The molecule has 0 aromatic heterocycles. The lowest BCUT2D eigenvalue weighted by Gasteiger charge is -2.32. The van der Waals surface area contributed by atoms with Gasteiger partial charge in [-0.15, -0.1) is 12.4 Å². The van der Waals surface area contributed by atoms with Crippen molar-refractivity contribution in [3.8, 4) is 0 Å². The summed E-state index contributed by atoms with van der Waals surface area (Å²) in [6.45, 7) is 6.32. The van der Waals surface area contributed by atoms with E-state index in [1.165, 1.54) is 6.92 Å². The zero-order chi connectivity index (χ0) is 15.8. The van der Waals surface area contributed by atoms with Crippen LogP contribution in [0.5, 0.6) is 0 Å². The minimum Gasteiger partial charge on any atom is -0.459 e. The number of aliphatic hydroxyl groups excluding tert-OH is 2. The van der Waals surface area contributed by atoms with E-state index in [1.807, 2.05) is 6.08 Å². The molecule has 22 heavy (non-hydrogen) atoms. The van der Waals surface area contributed by atoms with Crippen molar-refractivity contribution >= 4 is 18.4 Å². The Kier molecular flexibility index (Phi) is 6.41. The lowest BCUT2D eigenvalue weighted by Crippen LogP contribution is -2.53. The normalized spacial score (nSPS) is 28.6. The van der Waals surface area contributed by atoms with E-state index in [1.54, 1.807) is 13.8 Å².